The Morgan fingerprint density at radius 3 is 2.58 bits per heavy atom. The van der Waals surface area contributed by atoms with Crippen LogP contribution in [0.15, 0.2) is 36.7 Å². The predicted molar refractivity (Wildman–Crippen MR) is 108 cm³/mol. The maximum absolute atomic E-state index is 12.8. The van der Waals surface area contributed by atoms with Gasteiger partial charge in [0, 0.05) is 50.7 Å². The van der Waals surface area contributed by atoms with Crippen molar-refractivity contribution in [3.8, 4) is 5.75 Å². The lowest BCUT2D eigenvalue weighted by Gasteiger charge is -2.35. The summed E-state index contributed by atoms with van der Waals surface area (Å²) in [6.07, 6.45) is -1.83. The third-order valence-electron chi connectivity index (χ3n) is 4.56. The number of amides is 1. The normalized spacial score (nSPS) is 16.1. The number of hydrogen-bond donors (Lipinski definition) is 2. The van der Waals surface area contributed by atoms with Crippen molar-refractivity contribution in [2.45, 2.75) is 12.9 Å². The van der Waals surface area contributed by atoms with E-state index in [0.29, 0.717) is 37.7 Å². The van der Waals surface area contributed by atoms with Gasteiger partial charge in [0.05, 0.1) is 10.7 Å². The van der Waals surface area contributed by atoms with Crippen molar-refractivity contribution in [3.63, 3.8) is 0 Å². The van der Waals surface area contributed by atoms with Crippen LogP contribution in [-0.4, -0.2) is 62.0 Å². The maximum Gasteiger partial charge on any atom is 0.573 e. The van der Waals surface area contributed by atoms with Gasteiger partial charge in [0.2, 0.25) is 0 Å². The molecule has 3 rings (SSSR count). The molecule has 2 aromatic rings. The summed E-state index contributed by atoms with van der Waals surface area (Å²) < 4.78 is 63.7. The van der Waals surface area contributed by atoms with Gasteiger partial charge < -0.3 is 9.64 Å². The zero-order valence-corrected chi connectivity index (χ0v) is 17.5. The standard InChI is InChI=1S/C18H18ClF3N4O4S/c19-14-10-23-4-3-13(14)11-25-5-7-26(8-6-25)17(27)12-1-2-15(24-31(28)29)16(9-12)30-18(20,21)22/h1-4,9-10,24H,5-8,11H2,(H,28,29). The number of aromatic nitrogens is 1. The molecule has 13 heteroatoms. The number of piperazine rings is 1. The number of nitrogens with zero attached hydrogens (tertiary/aromatic N) is 3. The Morgan fingerprint density at radius 2 is 1.97 bits per heavy atom. The lowest BCUT2D eigenvalue weighted by atomic mass is 10.1. The summed E-state index contributed by atoms with van der Waals surface area (Å²) in [7, 11) is 0. The van der Waals surface area contributed by atoms with Gasteiger partial charge in [-0.05, 0) is 29.8 Å². The van der Waals surface area contributed by atoms with E-state index in [0.717, 1.165) is 17.7 Å². The van der Waals surface area contributed by atoms with E-state index in [1.165, 1.54) is 11.0 Å². The molecule has 1 aliphatic rings. The van der Waals surface area contributed by atoms with Gasteiger partial charge in [0.15, 0.2) is 5.75 Å². The smallest absolute Gasteiger partial charge is 0.404 e. The average molecular weight is 479 g/mol. The highest BCUT2D eigenvalue weighted by atomic mass is 35.5. The fourth-order valence-corrected chi connectivity index (χ4v) is 3.64. The van der Waals surface area contributed by atoms with Crippen LogP contribution < -0.4 is 9.46 Å². The molecular weight excluding hydrogens is 461 g/mol. The first-order valence-electron chi connectivity index (χ1n) is 9.00. The second-order valence-corrected chi connectivity index (χ2v) is 7.76. The summed E-state index contributed by atoms with van der Waals surface area (Å²) >= 11 is 3.51. The van der Waals surface area contributed by atoms with Crippen LogP contribution in [-0.2, 0) is 17.8 Å². The Bertz CT molecular complexity index is 971. The molecule has 31 heavy (non-hydrogen) atoms. The van der Waals surface area contributed by atoms with E-state index in [9.17, 15) is 22.2 Å². The first kappa shape index (κ1) is 23.3. The van der Waals surface area contributed by atoms with Crippen LogP contribution in [0.3, 0.4) is 0 Å². The molecule has 2 N–H and O–H groups in total. The molecule has 8 nitrogen and oxygen atoms in total. The van der Waals surface area contributed by atoms with E-state index in [-0.39, 0.29) is 11.3 Å². The van der Waals surface area contributed by atoms with Crippen molar-refractivity contribution >= 4 is 34.5 Å². The van der Waals surface area contributed by atoms with Crippen molar-refractivity contribution in [3.05, 3.63) is 52.8 Å². The van der Waals surface area contributed by atoms with E-state index < -0.39 is 29.3 Å². The van der Waals surface area contributed by atoms with E-state index in [2.05, 4.69) is 14.6 Å². The SMILES string of the molecule is O=C(c1ccc(NS(=O)O)c(OC(F)(F)F)c1)N1CCN(Cc2ccncc2Cl)CC1. The summed E-state index contributed by atoms with van der Waals surface area (Å²) in [5, 5.41) is 0.552. The molecule has 1 unspecified atom stereocenters. The summed E-state index contributed by atoms with van der Waals surface area (Å²) in [4.78, 5) is 20.3. The van der Waals surface area contributed by atoms with Crippen molar-refractivity contribution in [1.29, 1.82) is 0 Å². The number of hydrogen-bond acceptors (Lipinski definition) is 5. The number of benzene rings is 1. The molecule has 2 heterocycles. The number of ether oxygens (including phenoxy) is 1. The van der Waals surface area contributed by atoms with E-state index in [4.69, 9.17) is 16.2 Å². The highest BCUT2D eigenvalue weighted by Crippen LogP contribution is 2.32. The quantitative estimate of drug-likeness (QED) is 0.619. The Balaban J connectivity index is 1.68. The highest BCUT2D eigenvalue weighted by Gasteiger charge is 2.33. The van der Waals surface area contributed by atoms with Crippen LogP contribution in [0.2, 0.25) is 5.02 Å². The van der Waals surface area contributed by atoms with Gasteiger partial charge in [-0.2, -0.15) is 0 Å². The third kappa shape index (κ3) is 6.53. The number of carbonyl (C=O) groups excluding carboxylic acids is 1. The van der Waals surface area contributed by atoms with Crippen LogP contribution in [0.1, 0.15) is 15.9 Å². The van der Waals surface area contributed by atoms with Crippen LogP contribution >= 0.6 is 11.6 Å². The molecule has 0 spiro atoms. The molecule has 0 saturated carbocycles. The predicted octanol–water partition coefficient (Wildman–Crippen LogP) is 3.14. The first-order valence-corrected chi connectivity index (χ1v) is 10.5. The molecule has 1 saturated heterocycles. The van der Waals surface area contributed by atoms with Gasteiger partial charge in [-0.3, -0.25) is 24.0 Å². The molecule has 168 valence electrons. The van der Waals surface area contributed by atoms with Crippen molar-refractivity contribution in [1.82, 2.24) is 14.8 Å². The number of alkyl halides is 3. The molecule has 1 aromatic heterocycles. The number of rotatable bonds is 6. The van der Waals surface area contributed by atoms with Gasteiger partial charge in [-0.25, -0.2) is 4.21 Å². The first-order chi connectivity index (χ1) is 14.6. The largest absolute Gasteiger partial charge is 0.573 e. The molecule has 0 bridgehead atoms. The minimum atomic E-state index is -5.03. The summed E-state index contributed by atoms with van der Waals surface area (Å²) in [5.74, 6) is -1.24. The van der Waals surface area contributed by atoms with Crippen molar-refractivity contribution in [2.75, 3.05) is 30.9 Å². The molecular formula is C18H18ClF3N4O4S. The van der Waals surface area contributed by atoms with Gasteiger partial charge in [0.1, 0.15) is 0 Å². The second-order valence-electron chi connectivity index (χ2n) is 6.65. The van der Waals surface area contributed by atoms with Crippen LogP contribution in [0.5, 0.6) is 5.75 Å². The Kier molecular flexibility index (Phi) is 7.36. The monoisotopic (exact) mass is 478 g/mol. The summed E-state index contributed by atoms with van der Waals surface area (Å²) in [6.45, 7) is 2.44. The highest BCUT2D eigenvalue weighted by molar-refractivity contribution is 7.80. The maximum atomic E-state index is 12.8. The van der Waals surface area contributed by atoms with Crippen molar-refractivity contribution in [2.24, 2.45) is 0 Å². The fraction of sp³-hybridized carbons (Fsp3) is 0.333. The summed E-state index contributed by atoms with van der Waals surface area (Å²) in [6, 6.07) is 5.07. The molecule has 1 fully saturated rings. The van der Waals surface area contributed by atoms with Crippen LogP contribution in [0.25, 0.3) is 0 Å². The van der Waals surface area contributed by atoms with Crippen LogP contribution in [0.4, 0.5) is 18.9 Å². The average Bonchev–Trinajstić information content (AvgIpc) is 2.70. The molecule has 1 amide bonds. The Morgan fingerprint density at radius 1 is 1.26 bits per heavy atom. The molecule has 1 atom stereocenters. The molecule has 0 aliphatic carbocycles. The molecule has 0 radical (unpaired) electrons. The minimum absolute atomic E-state index is 0.0286. The van der Waals surface area contributed by atoms with Gasteiger partial charge in [0.25, 0.3) is 17.2 Å². The van der Waals surface area contributed by atoms with Gasteiger partial charge >= 0.3 is 6.36 Å². The van der Waals surface area contributed by atoms with E-state index >= 15 is 0 Å². The summed E-state index contributed by atoms with van der Waals surface area (Å²) in [5.41, 5.74) is 0.516. The number of nitrogens with one attached hydrogen (secondary N) is 1. The Labute approximate surface area is 183 Å². The topological polar surface area (TPSA) is 95.0 Å². The molecule has 1 aliphatic heterocycles. The lowest BCUT2D eigenvalue weighted by Crippen LogP contribution is -2.48. The number of pyridine rings is 1. The van der Waals surface area contributed by atoms with Gasteiger partial charge in [-0.1, -0.05) is 11.6 Å². The van der Waals surface area contributed by atoms with E-state index in [1.54, 1.807) is 12.4 Å². The molecule has 1 aromatic carbocycles. The van der Waals surface area contributed by atoms with Crippen LogP contribution in [0, 0.1) is 0 Å². The number of anilines is 1. The number of halogens is 4. The number of carbonyl (C=O) groups is 1. The van der Waals surface area contributed by atoms with Gasteiger partial charge in [-0.15, -0.1) is 13.2 Å². The zero-order valence-electron chi connectivity index (χ0n) is 15.9. The lowest BCUT2D eigenvalue weighted by molar-refractivity contribution is -0.274. The second kappa shape index (κ2) is 9.81. The zero-order chi connectivity index (χ0) is 22.6. The Hall–Kier alpha value is -2.41. The van der Waals surface area contributed by atoms with E-state index in [1.807, 2.05) is 10.8 Å². The minimum Gasteiger partial charge on any atom is -0.404 e. The van der Waals surface area contributed by atoms with Crippen molar-refractivity contribution < 1.29 is 31.5 Å². The fourth-order valence-electron chi connectivity index (χ4n) is 3.11. The third-order valence-corrected chi connectivity index (χ3v) is 5.30.